The monoisotopic (exact) mass is 493 g/mol. The van der Waals surface area contributed by atoms with Crippen molar-refractivity contribution < 1.29 is 21.6 Å². The van der Waals surface area contributed by atoms with Crippen LogP contribution in [0.25, 0.3) is 10.2 Å². The molecule has 1 saturated heterocycles. The first-order chi connectivity index (χ1) is 15.1. The maximum absolute atomic E-state index is 13.0. The SMILES string of the molecule is CS(=O)(=O)c1ccc2nc(NC(=O)c3cccc(S(=O)(=O)N4CCCCCC4)c3)sc2c1. The summed E-state index contributed by atoms with van der Waals surface area (Å²) in [5.74, 6) is -0.486. The van der Waals surface area contributed by atoms with Crippen LogP contribution in [0.1, 0.15) is 36.0 Å². The first-order valence-corrected chi connectivity index (χ1v) is 14.3. The molecule has 1 N–H and O–H groups in total. The van der Waals surface area contributed by atoms with Crippen LogP contribution in [0.5, 0.6) is 0 Å². The van der Waals surface area contributed by atoms with Crippen LogP contribution in [-0.4, -0.2) is 51.4 Å². The van der Waals surface area contributed by atoms with E-state index in [2.05, 4.69) is 10.3 Å². The number of fused-ring (bicyclic) bond motifs is 1. The quantitative estimate of drug-likeness (QED) is 0.582. The zero-order valence-electron chi connectivity index (χ0n) is 17.4. The number of carbonyl (C=O) groups is 1. The molecular formula is C21H23N3O5S3. The molecule has 170 valence electrons. The molecule has 0 spiro atoms. The number of hydrogen-bond acceptors (Lipinski definition) is 7. The highest BCUT2D eigenvalue weighted by Gasteiger charge is 2.26. The van der Waals surface area contributed by atoms with Crippen molar-refractivity contribution in [3.05, 3.63) is 48.0 Å². The molecule has 2 heterocycles. The van der Waals surface area contributed by atoms with Gasteiger partial charge in [-0.15, -0.1) is 0 Å². The Morgan fingerprint density at radius 2 is 1.69 bits per heavy atom. The summed E-state index contributed by atoms with van der Waals surface area (Å²) < 4.78 is 51.7. The zero-order chi connectivity index (χ0) is 22.9. The number of carbonyl (C=O) groups excluding carboxylic acids is 1. The lowest BCUT2D eigenvalue weighted by atomic mass is 10.2. The van der Waals surface area contributed by atoms with E-state index in [0.717, 1.165) is 43.3 Å². The van der Waals surface area contributed by atoms with Crippen molar-refractivity contribution in [1.29, 1.82) is 0 Å². The molecule has 3 aromatic rings. The lowest BCUT2D eigenvalue weighted by Gasteiger charge is -2.20. The fraction of sp³-hybridized carbons (Fsp3) is 0.333. The van der Waals surface area contributed by atoms with Crippen molar-refractivity contribution in [2.45, 2.75) is 35.5 Å². The van der Waals surface area contributed by atoms with Crippen LogP contribution in [0, 0.1) is 0 Å². The standard InChI is InChI=1S/C21H23N3O5S3/c1-31(26,27)16-9-10-18-19(14-16)30-21(22-18)23-20(25)15-7-6-8-17(13-15)32(28,29)24-11-4-2-3-5-12-24/h6-10,13-14H,2-5,11-12H2,1H3,(H,22,23,25). The summed E-state index contributed by atoms with van der Waals surface area (Å²) in [6.45, 7) is 0.972. The summed E-state index contributed by atoms with van der Waals surface area (Å²) >= 11 is 1.15. The van der Waals surface area contributed by atoms with Crippen LogP contribution in [0.15, 0.2) is 52.3 Å². The normalized spacial score (nSPS) is 16.0. The molecule has 1 aliphatic rings. The molecule has 0 bridgehead atoms. The summed E-state index contributed by atoms with van der Waals surface area (Å²) in [5.41, 5.74) is 0.771. The van der Waals surface area contributed by atoms with Gasteiger partial charge in [-0.2, -0.15) is 4.31 Å². The summed E-state index contributed by atoms with van der Waals surface area (Å²) in [4.78, 5) is 17.4. The number of aromatic nitrogens is 1. The topological polar surface area (TPSA) is 114 Å². The minimum Gasteiger partial charge on any atom is -0.298 e. The fourth-order valence-corrected chi connectivity index (χ4v) is 6.77. The summed E-state index contributed by atoms with van der Waals surface area (Å²) in [5, 5.41) is 2.99. The van der Waals surface area contributed by atoms with Gasteiger partial charge >= 0.3 is 0 Å². The van der Waals surface area contributed by atoms with E-state index in [1.807, 2.05) is 0 Å². The van der Waals surface area contributed by atoms with Gasteiger partial charge in [0, 0.05) is 24.9 Å². The van der Waals surface area contributed by atoms with E-state index in [0.29, 0.717) is 28.4 Å². The third-order valence-electron chi connectivity index (χ3n) is 5.31. The molecule has 11 heteroatoms. The Morgan fingerprint density at radius 1 is 0.969 bits per heavy atom. The van der Waals surface area contributed by atoms with Crippen molar-refractivity contribution in [3.63, 3.8) is 0 Å². The second-order valence-corrected chi connectivity index (χ2v) is 12.7. The van der Waals surface area contributed by atoms with Crippen molar-refractivity contribution in [1.82, 2.24) is 9.29 Å². The second kappa shape index (κ2) is 8.89. The second-order valence-electron chi connectivity index (χ2n) is 7.72. The van der Waals surface area contributed by atoms with E-state index in [9.17, 15) is 21.6 Å². The Labute approximate surface area is 191 Å². The van der Waals surface area contributed by atoms with Crippen LogP contribution in [-0.2, 0) is 19.9 Å². The third-order valence-corrected chi connectivity index (χ3v) is 9.25. The number of nitrogens with one attached hydrogen (secondary N) is 1. The molecule has 2 aromatic carbocycles. The average Bonchev–Trinajstić information content (AvgIpc) is 2.95. The van der Waals surface area contributed by atoms with Gasteiger partial charge in [-0.05, 0) is 49.2 Å². The van der Waals surface area contributed by atoms with Crippen LogP contribution in [0.4, 0.5) is 5.13 Å². The van der Waals surface area contributed by atoms with Gasteiger partial charge in [0.1, 0.15) is 0 Å². The number of nitrogens with zero attached hydrogens (tertiary/aromatic N) is 2. The molecule has 1 aromatic heterocycles. The van der Waals surface area contributed by atoms with Gasteiger partial charge in [-0.25, -0.2) is 21.8 Å². The average molecular weight is 494 g/mol. The predicted molar refractivity (Wildman–Crippen MR) is 124 cm³/mol. The van der Waals surface area contributed by atoms with Crippen molar-refractivity contribution >= 4 is 52.5 Å². The molecule has 0 atom stereocenters. The van der Waals surface area contributed by atoms with Gasteiger partial charge in [0.15, 0.2) is 15.0 Å². The van der Waals surface area contributed by atoms with Crippen molar-refractivity contribution in [2.24, 2.45) is 0 Å². The molecule has 0 aliphatic carbocycles. The Kier molecular flexibility index (Phi) is 6.35. The summed E-state index contributed by atoms with van der Waals surface area (Å²) in [7, 11) is -7.02. The minimum absolute atomic E-state index is 0.0918. The highest BCUT2D eigenvalue weighted by molar-refractivity contribution is 7.90. The molecule has 32 heavy (non-hydrogen) atoms. The van der Waals surface area contributed by atoms with Crippen LogP contribution >= 0.6 is 11.3 Å². The molecule has 1 amide bonds. The van der Waals surface area contributed by atoms with Gasteiger partial charge in [0.25, 0.3) is 5.91 Å². The van der Waals surface area contributed by atoms with Gasteiger partial charge in [-0.3, -0.25) is 10.1 Å². The number of thiazole rings is 1. The van der Waals surface area contributed by atoms with E-state index in [1.165, 1.54) is 28.6 Å². The van der Waals surface area contributed by atoms with Gasteiger partial charge in [0.05, 0.1) is 20.0 Å². The maximum Gasteiger partial charge on any atom is 0.257 e. The van der Waals surface area contributed by atoms with Gasteiger partial charge < -0.3 is 0 Å². The highest BCUT2D eigenvalue weighted by atomic mass is 32.2. The summed E-state index contributed by atoms with van der Waals surface area (Å²) in [6.07, 6.45) is 4.82. The number of sulfone groups is 1. The molecule has 0 unspecified atom stereocenters. The highest BCUT2D eigenvalue weighted by Crippen LogP contribution is 2.29. The molecule has 0 radical (unpaired) electrons. The predicted octanol–water partition coefficient (Wildman–Crippen LogP) is 3.52. The number of anilines is 1. The number of hydrogen-bond donors (Lipinski definition) is 1. The first-order valence-electron chi connectivity index (χ1n) is 10.2. The van der Waals surface area contributed by atoms with E-state index in [-0.39, 0.29) is 15.4 Å². The Bertz CT molecular complexity index is 1370. The summed E-state index contributed by atoms with van der Waals surface area (Å²) in [6, 6.07) is 10.6. The fourth-order valence-electron chi connectivity index (χ4n) is 3.59. The Balaban J connectivity index is 1.56. The zero-order valence-corrected chi connectivity index (χ0v) is 19.9. The van der Waals surface area contributed by atoms with Gasteiger partial charge in [0.2, 0.25) is 10.0 Å². The number of benzene rings is 2. The number of amides is 1. The molecular weight excluding hydrogens is 470 g/mol. The molecule has 1 aliphatic heterocycles. The van der Waals surface area contributed by atoms with Crippen LogP contribution in [0.2, 0.25) is 0 Å². The largest absolute Gasteiger partial charge is 0.298 e. The van der Waals surface area contributed by atoms with Gasteiger partial charge in [-0.1, -0.05) is 30.2 Å². The van der Waals surface area contributed by atoms with Crippen molar-refractivity contribution in [3.8, 4) is 0 Å². The Morgan fingerprint density at radius 3 is 2.38 bits per heavy atom. The third kappa shape index (κ3) is 4.85. The number of rotatable bonds is 5. The van der Waals surface area contributed by atoms with E-state index < -0.39 is 25.8 Å². The lowest BCUT2D eigenvalue weighted by molar-refractivity contribution is 0.102. The lowest BCUT2D eigenvalue weighted by Crippen LogP contribution is -2.32. The smallest absolute Gasteiger partial charge is 0.257 e. The van der Waals surface area contributed by atoms with E-state index in [1.54, 1.807) is 18.2 Å². The van der Waals surface area contributed by atoms with E-state index >= 15 is 0 Å². The molecule has 4 rings (SSSR count). The number of sulfonamides is 1. The van der Waals surface area contributed by atoms with Crippen molar-refractivity contribution in [2.75, 3.05) is 24.7 Å². The first kappa shape index (κ1) is 22.8. The molecule has 1 fully saturated rings. The van der Waals surface area contributed by atoms with E-state index in [4.69, 9.17) is 0 Å². The maximum atomic E-state index is 13.0. The molecule has 8 nitrogen and oxygen atoms in total. The molecule has 0 saturated carbocycles. The van der Waals surface area contributed by atoms with Crippen LogP contribution < -0.4 is 5.32 Å². The Hall–Kier alpha value is -2.34. The minimum atomic E-state index is -3.67. The van der Waals surface area contributed by atoms with Crippen LogP contribution in [0.3, 0.4) is 0 Å².